The Hall–Kier alpha value is -4.70. The van der Waals surface area contributed by atoms with Gasteiger partial charge in [0, 0.05) is 19.5 Å². The number of nitrogens with two attached hydrogens (primary N) is 1. The summed E-state index contributed by atoms with van der Waals surface area (Å²) in [5.74, 6) is -1.52. The number of carbonyl (C=O) groups is 4. The van der Waals surface area contributed by atoms with Crippen LogP contribution in [0.5, 0.6) is 5.75 Å². The lowest BCUT2D eigenvalue weighted by Crippen LogP contribution is -2.57. The minimum Gasteiger partial charge on any atom is -0.508 e. The van der Waals surface area contributed by atoms with Crippen LogP contribution in [0.1, 0.15) is 36.5 Å². The maximum atomic E-state index is 13.5. The van der Waals surface area contributed by atoms with Crippen LogP contribution >= 0.6 is 0 Å². The third-order valence-electron chi connectivity index (χ3n) is 7.52. The molecule has 1 heterocycles. The minimum atomic E-state index is -0.970. The van der Waals surface area contributed by atoms with Gasteiger partial charge in [-0.05, 0) is 55.0 Å². The summed E-state index contributed by atoms with van der Waals surface area (Å²) in [6.07, 6.45) is 1.54. The molecular weight excluding hydrogens is 546 g/mol. The van der Waals surface area contributed by atoms with Crippen LogP contribution in [0.4, 0.5) is 0 Å². The summed E-state index contributed by atoms with van der Waals surface area (Å²) < 4.78 is 0. The van der Waals surface area contributed by atoms with E-state index in [0.29, 0.717) is 25.9 Å². The Morgan fingerprint density at radius 2 is 1.44 bits per heavy atom. The highest BCUT2D eigenvalue weighted by molar-refractivity contribution is 5.95. The van der Waals surface area contributed by atoms with E-state index in [1.54, 1.807) is 19.1 Å². The molecule has 1 fully saturated rings. The fraction of sp³-hybridized carbons (Fsp3) is 0.333. The van der Waals surface area contributed by atoms with Gasteiger partial charge in [-0.15, -0.1) is 0 Å². The normalized spacial score (nSPS) is 16.5. The molecular formula is C33H39N5O5. The van der Waals surface area contributed by atoms with Crippen molar-refractivity contribution in [1.29, 1.82) is 0 Å². The molecule has 226 valence electrons. The number of benzene rings is 3. The van der Waals surface area contributed by atoms with E-state index >= 15 is 0 Å². The predicted molar refractivity (Wildman–Crippen MR) is 162 cm³/mol. The largest absolute Gasteiger partial charge is 0.508 e. The molecule has 3 aromatic carbocycles. The van der Waals surface area contributed by atoms with Gasteiger partial charge in [0.05, 0.1) is 6.04 Å². The summed E-state index contributed by atoms with van der Waals surface area (Å²) in [6, 6.07) is 21.7. The zero-order chi connectivity index (χ0) is 30.8. The second kappa shape index (κ2) is 15.0. The standard InChI is InChI=1S/C33H39N5O5/c1-22(30(40)35-21-25-11-6-3-7-12-25)36-31(41)28(20-23-9-4-2-5-10-23)37-32(42)29-13-8-18-38(29)33(43)27(34)19-24-14-16-26(39)17-15-24/h2-7,9-12,14-17,22,27-29,39H,8,13,18-21,34H2,1H3,(H,35,40)(H,36,41)(H,37,42)/t22-,27-,28-,29-/m0/s1. The summed E-state index contributed by atoms with van der Waals surface area (Å²) in [5.41, 5.74) is 8.80. The lowest BCUT2D eigenvalue weighted by molar-refractivity contribution is -0.140. The fourth-order valence-electron chi connectivity index (χ4n) is 5.13. The van der Waals surface area contributed by atoms with Crippen LogP contribution in [0.2, 0.25) is 0 Å². The third kappa shape index (κ3) is 8.89. The lowest BCUT2D eigenvalue weighted by Gasteiger charge is -2.28. The summed E-state index contributed by atoms with van der Waals surface area (Å²) in [7, 11) is 0. The van der Waals surface area contributed by atoms with Gasteiger partial charge < -0.3 is 31.7 Å². The number of likely N-dealkylation sites (tertiary alicyclic amines) is 1. The molecule has 10 heteroatoms. The number of aromatic hydroxyl groups is 1. The van der Waals surface area contributed by atoms with Gasteiger partial charge in [0.25, 0.3) is 0 Å². The molecule has 6 N–H and O–H groups in total. The zero-order valence-electron chi connectivity index (χ0n) is 24.2. The SMILES string of the molecule is C[C@H](NC(=O)[C@H](Cc1ccccc1)NC(=O)[C@@H]1CCCN1C(=O)[C@@H](N)Cc1ccc(O)cc1)C(=O)NCc1ccccc1. The summed E-state index contributed by atoms with van der Waals surface area (Å²) >= 11 is 0. The molecule has 1 saturated heterocycles. The van der Waals surface area contributed by atoms with Crippen LogP contribution in [0.3, 0.4) is 0 Å². The van der Waals surface area contributed by atoms with Crippen molar-refractivity contribution in [2.75, 3.05) is 6.54 Å². The van der Waals surface area contributed by atoms with Gasteiger partial charge in [0.15, 0.2) is 0 Å². The van der Waals surface area contributed by atoms with Crippen LogP contribution in [-0.4, -0.2) is 64.3 Å². The van der Waals surface area contributed by atoms with Crippen LogP contribution in [0.15, 0.2) is 84.9 Å². The molecule has 43 heavy (non-hydrogen) atoms. The van der Waals surface area contributed by atoms with Crippen LogP contribution in [0.25, 0.3) is 0 Å². The number of hydrogen-bond donors (Lipinski definition) is 5. The third-order valence-corrected chi connectivity index (χ3v) is 7.52. The van der Waals surface area contributed by atoms with Crippen LogP contribution in [-0.2, 0) is 38.6 Å². The Balaban J connectivity index is 1.40. The number of phenolic OH excluding ortho intramolecular Hbond substituents is 1. The molecule has 1 aliphatic rings. The van der Waals surface area contributed by atoms with Crippen molar-refractivity contribution < 1.29 is 24.3 Å². The molecule has 4 amide bonds. The number of nitrogens with one attached hydrogen (secondary N) is 3. The highest BCUT2D eigenvalue weighted by atomic mass is 16.3. The highest BCUT2D eigenvalue weighted by Gasteiger charge is 2.38. The number of amides is 4. The van der Waals surface area contributed by atoms with E-state index < -0.39 is 36.0 Å². The molecule has 0 unspecified atom stereocenters. The van der Waals surface area contributed by atoms with E-state index in [-0.39, 0.29) is 30.4 Å². The van der Waals surface area contributed by atoms with Gasteiger partial charge >= 0.3 is 0 Å². The van der Waals surface area contributed by atoms with E-state index in [0.717, 1.165) is 16.7 Å². The molecule has 0 bridgehead atoms. The first kappa shape index (κ1) is 31.2. The summed E-state index contributed by atoms with van der Waals surface area (Å²) in [6.45, 7) is 2.30. The Bertz CT molecular complexity index is 1380. The quantitative estimate of drug-likeness (QED) is 0.219. The molecule has 0 saturated carbocycles. The molecule has 0 aliphatic carbocycles. The van der Waals surface area contributed by atoms with Crippen molar-refractivity contribution in [3.05, 3.63) is 102 Å². The molecule has 3 aromatic rings. The first-order valence-corrected chi connectivity index (χ1v) is 14.5. The number of nitrogens with zero attached hydrogens (tertiary/aromatic N) is 1. The first-order valence-electron chi connectivity index (χ1n) is 14.5. The van der Waals surface area contributed by atoms with Crippen molar-refractivity contribution in [1.82, 2.24) is 20.9 Å². The molecule has 4 atom stereocenters. The molecule has 0 spiro atoms. The Kier molecular flexibility index (Phi) is 10.9. The smallest absolute Gasteiger partial charge is 0.243 e. The van der Waals surface area contributed by atoms with Gasteiger partial charge in [0.2, 0.25) is 23.6 Å². The molecule has 4 rings (SSSR count). The molecule has 0 radical (unpaired) electrons. The van der Waals surface area contributed by atoms with E-state index in [1.165, 1.54) is 17.0 Å². The van der Waals surface area contributed by atoms with Crippen LogP contribution < -0.4 is 21.7 Å². The Morgan fingerprint density at radius 3 is 2.09 bits per heavy atom. The van der Waals surface area contributed by atoms with Gasteiger partial charge in [-0.1, -0.05) is 72.8 Å². The minimum absolute atomic E-state index is 0.122. The molecule has 1 aliphatic heterocycles. The van der Waals surface area contributed by atoms with Crippen molar-refractivity contribution in [3.63, 3.8) is 0 Å². The zero-order valence-corrected chi connectivity index (χ0v) is 24.2. The number of carbonyl (C=O) groups excluding carboxylic acids is 4. The molecule has 0 aromatic heterocycles. The average Bonchev–Trinajstić information content (AvgIpc) is 3.51. The maximum absolute atomic E-state index is 13.5. The summed E-state index contributed by atoms with van der Waals surface area (Å²) in [5, 5.41) is 17.9. The van der Waals surface area contributed by atoms with E-state index in [1.807, 2.05) is 60.7 Å². The number of hydrogen-bond acceptors (Lipinski definition) is 6. The van der Waals surface area contributed by atoms with Gasteiger partial charge in [-0.3, -0.25) is 19.2 Å². The van der Waals surface area contributed by atoms with E-state index in [9.17, 15) is 24.3 Å². The van der Waals surface area contributed by atoms with Crippen molar-refractivity contribution in [3.8, 4) is 5.75 Å². The van der Waals surface area contributed by atoms with Gasteiger partial charge in [0.1, 0.15) is 23.9 Å². The predicted octanol–water partition coefficient (Wildman–Crippen LogP) is 1.80. The van der Waals surface area contributed by atoms with Crippen molar-refractivity contribution in [2.24, 2.45) is 5.73 Å². The second-order valence-electron chi connectivity index (χ2n) is 10.9. The topological polar surface area (TPSA) is 154 Å². The molecule has 10 nitrogen and oxygen atoms in total. The fourth-order valence-corrected chi connectivity index (χ4v) is 5.13. The first-order chi connectivity index (χ1) is 20.7. The maximum Gasteiger partial charge on any atom is 0.243 e. The Morgan fingerprint density at radius 1 is 0.837 bits per heavy atom. The number of phenols is 1. The van der Waals surface area contributed by atoms with Crippen molar-refractivity contribution in [2.45, 2.75) is 63.3 Å². The average molecular weight is 586 g/mol. The Labute approximate surface area is 251 Å². The second-order valence-corrected chi connectivity index (χ2v) is 10.9. The van der Waals surface area contributed by atoms with Gasteiger partial charge in [-0.25, -0.2) is 0 Å². The highest BCUT2D eigenvalue weighted by Crippen LogP contribution is 2.20. The van der Waals surface area contributed by atoms with E-state index in [2.05, 4.69) is 16.0 Å². The lowest BCUT2D eigenvalue weighted by atomic mass is 10.0. The summed E-state index contributed by atoms with van der Waals surface area (Å²) in [4.78, 5) is 54.4. The monoisotopic (exact) mass is 585 g/mol. The number of rotatable bonds is 12. The van der Waals surface area contributed by atoms with Gasteiger partial charge in [-0.2, -0.15) is 0 Å². The van der Waals surface area contributed by atoms with E-state index in [4.69, 9.17) is 5.73 Å². The van der Waals surface area contributed by atoms with Crippen molar-refractivity contribution >= 4 is 23.6 Å². The van der Waals surface area contributed by atoms with Crippen LogP contribution in [0, 0.1) is 0 Å².